The Hall–Kier alpha value is -1.15. The topological polar surface area (TPSA) is 92.5 Å². The van der Waals surface area contributed by atoms with Crippen LogP contribution in [0.15, 0.2) is 24.3 Å². The Morgan fingerprint density at radius 3 is 2.50 bits per heavy atom. The van der Waals surface area contributed by atoms with Gasteiger partial charge in [0.2, 0.25) is 15.9 Å². The van der Waals surface area contributed by atoms with Gasteiger partial charge >= 0.3 is 0 Å². The van der Waals surface area contributed by atoms with E-state index in [9.17, 15) is 13.2 Å². The summed E-state index contributed by atoms with van der Waals surface area (Å²) in [4.78, 5) is 14.0. The number of aryl methyl sites for hydroxylation is 1. The van der Waals surface area contributed by atoms with Crippen molar-refractivity contribution in [2.75, 3.05) is 19.3 Å². The molecular formula is C14H22ClN3O3S. The Kier molecular flexibility index (Phi) is 6.37. The highest BCUT2D eigenvalue weighted by molar-refractivity contribution is 7.88. The van der Waals surface area contributed by atoms with Crippen molar-refractivity contribution in [1.82, 2.24) is 9.62 Å². The molecule has 1 amide bonds. The van der Waals surface area contributed by atoms with Gasteiger partial charge in [0.1, 0.15) is 6.04 Å². The largest absolute Gasteiger partial charge is 0.339 e. The first-order chi connectivity index (χ1) is 9.76. The van der Waals surface area contributed by atoms with Crippen LogP contribution < -0.4 is 10.5 Å². The van der Waals surface area contributed by atoms with Crippen LogP contribution >= 0.6 is 12.4 Å². The molecule has 2 rings (SSSR count). The van der Waals surface area contributed by atoms with Crippen molar-refractivity contribution in [2.24, 2.45) is 5.73 Å². The number of hydrogen-bond acceptors (Lipinski definition) is 4. The van der Waals surface area contributed by atoms with Crippen molar-refractivity contribution in [3.8, 4) is 0 Å². The van der Waals surface area contributed by atoms with Crippen LogP contribution in [0.25, 0.3) is 0 Å². The van der Waals surface area contributed by atoms with Gasteiger partial charge < -0.3 is 10.6 Å². The van der Waals surface area contributed by atoms with Gasteiger partial charge in [0.25, 0.3) is 0 Å². The number of nitrogens with zero attached hydrogens (tertiary/aromatic N) is 1. The Labute approximate surface area is 137 Å². The second-order valence-electron chi connectivity index (χ2n) is 5.55. The molecular weight excluding hydrogens is 326 g/mol. The first-order valence-corrected chi connectivity index (χ1v) is 8.73. The number of likely N-dealkylation sites (tertiary alicyclic amines) is 1. The molecule has 124 valence electrons. The zero-order valence-corrected chi connectivity index (χ0v) is 14.3. The molecule has 1 aromatic carbocycles. The summed E-state index contributed by atoms with van der Waals surface area (Å²) in [6.45, 7) is 2.86. The third-order valence-corrected chi connectivity index (χ3v) is 4.34. The van der Waals surface area contributed by atoms with Crippen molar-refractivity contribution in [2.45, 2.75) is 25.4 Å². The standard InChI is InChI=1S/C14H21N3O3S.ClH/c1-10-3-5-11(6-4-10)13(15)14(18)17-8-7-12(9-17)16-21(2,19)20;/h3-6,12-13,16H,7-9,15H2,1-2H3;1H. The third kappa shape index (κ3) is 4.95. The lowest BCUT2D eigenvalue weighted by Crippen LogP contribution is -2.41. The lowest BCUT2D eigenvalue weighted by atomic mass is 10.1. The minimum absolute atomic E-state index is 0. The first-order valence-electron chi connectivity index (χ1n) is 6.84. The van der Waals surface area contributed by atoms with Gasteiger partial charge in [-0.2, -0.15) is 0 Å². The summed E-state index contributed by atoms with van der Waals surface area (Å²) in [6.07, 6.45) is 1.73. The zero-order valence-electron chi connectivity index (χ0n) is 12.7. The molecule has 0 aromatic heterocycles. The minimum Gasteiger partial charge on any atom is -0.339 e. The molecule has 0 radical (unpaired) electrons. The number of carbonyl (C=O) groups is 1. The number of nitrogens with two attached hydrogens (primary N) is 1. The second-order valence-corrected chi connectivity index (χ2v) is 7.33. The fraction of sp³-hybridized carbons (Fsp3) is 0.500. The lowest BCUT2D eigenvalue weighted by molar-refractivity contribution is -0.131. The van der Waals surface area contributed by atoms with Gasteiger partial charge in [0, 0.05) is 19.1 Å². The van der Waals surface area contributed by atoms with Gasteiger partial charge in [-0.15, -0.1) is 12.4 Å². The van der Waals surface area contributed by atoms with Gasteiger partial charge in [-0.25, -0.2) is 13.1 Å². The highest BCUT2D eigenvalue weighted by Crippen LogP contribution is 2.18. The van der Waals surface area contributed by atoms with Crippen molar-refractivity contribution in [1.29, 1.82) is 0 Å². The van der Waals surface area contributed by atoms with E-state index in [1.807, 2.05) is 31.2 Å². The van der Waals surface area contributed by atoms with Crippen molar-refractivity contribution in [3.05, 3.63) is 35.4 Å². The molecule has 2 atom stereocenters. The molecule has 1 fully saturated rings. The number of amides is 1. The molecule has 1 aliphatic heterocycles. The summed E-state index contributed by atoms with van der Waals surface area (Å²) in [7, 11) is -3.25. The molecule has 0 spiro atoms. The van der Waals surface area contributed by atoms with E-state index in [1.165, 1.54) is 0 Å². The van der Waals surface area contributed by atoms with Crippen LogP contribution in [-0.2, 0) is 14.8 Å². The van der Waals surface area contributed by atoms with Crippen LogP contribution in [0.2, 0.25) is 0 Å². The molecule has 1 heterocycles. The van der Waals surface area contributed by atoms with E-state index in [2.05, 4.69) is 4.72 Å². The van der Waals surface area contributed by atoms with Crippen LogP contribution in [0.4, 0.5) is 0 Å². The fourth-order valence-corrected chi connectivity index (χ4v) is 3.27. The third-order valence-electron chi connectivity index (χ3n) is 3.58. The molecule has 2 unspecified atom stereocenters. The summed E-state index contributed by atoms with van der Waals surface area (Å²) in [6, 6.07) is 6.60. The molecule has 0 aliphatic carbocycles. The Morgan fingerprint density at radius 1 is 1.36 bits per heavy atom. The van der Waals surface area contributed by atoms with Gasteiger partial charge in [0.05, 0.1) is 6.26 Å². The molecule has 3 N–H and O–H groups in total. The fourth-order valence-electron chi connectivity index (χ4n) is 2.47. The van der Waals surface area contributed by atoms with Crippen LogP contribution in [0, 0.1) is 6.92 Å². The maximum atomic E-state index is 12.4. The van der Waals surface area contributed by atoms with Crippen molar-refractivity contribution >= 4 is 28.3 Å². The number of hydrogen-bond donors (Lipinski definition) is 2. The molecule has 6 nitrogen and oxygen atoms in total. The van der Waals surface area contributed by atoms with Gasteiger partial charge in [0.15, 0.2) is 0 Å². The molecule has 22 heavy (non-hydrogen) atoms. The highest BCUT2D eigenvalue weighted by atomic mass is 35.5. The molecule has 0 bridgehead atoms. The number of nitrogens with one attached hydrogen (secondary N) is 1. The van der Waals surface area contributed by atoms with Crippen LogP contribution in [0.3, 0.4) is 0 Å². The zero-order chi connectivity index (χ0) is 15.6. The molecule has 0 saturated carbocycles. The number of halogens is 1. The van der Waals surface area contributed by atoms with E-state index in [0.717, 1.165) is 17.4 Å². The van der Waals surface area contributed by atoms with Gasteiger partial charge in [-0.1, -0.05) is 29.8 Å². The average Bonchev–Trinajstić information content (AvgIpc) is 2.84. The molecule has 8 heteroatoms. The van der Waals surface area contributed by atoms with E-state index in [4.69, 9.17) is 5.73 Å². The lowest BCUT2D eigenvalue weighted by Gasteiger charge is -2.21. The maximum absolute atomic E-state index is 12.4. The number of rotatable bonds is 4. The smallest absolute Gasteiger partial charge is 0.244 e. The van der Waals surface area contributed by atoms with Crippen molar-refractivity contribution < 1.29 is 13.2 Å². The van der Waals surface area contributed by atoms with E-state index in [-0.39, 0.29) is 24.4 Å². The van der Waals surface area contributed by atoms with Crippen LogP contribution in [-0.4, -0.2) is 44.6 Å². The summed E-state index contributed by atoms with van der Waals surface area (Å²) < 4.78 is 25.0. The molecule has 1 aromatic rings. The summed E-state index contributed by atoms with van der Waals surface area (Å²) in [5, 5.41) is 0. The average molecular weight is 348 g/mol. The summed E-state index contributed by atoms with van der Waals surface area (Å²) in [5.74, 6) is -0.170. The normalized spacial score (nSPS) is 19.6. The van der Waals surface area contributed by atoms with E-state index >= 15 is 0 Å². The maximum Gasteiger partial charge on any atom is 0.244 e. The van der Waals surface area contributed by atoms with E-state index in [1.54, 1.807) is 4.90 Å². The highest BCUT2D eigenvalue weighted by Gasteiger charge is 2.31. The SMILES string of the molecule is Cc1ccc(C(N)C(=O)N2CCC(NS(C)(=O)=O)C2)cc1.Cl. The predicted molar refractivity (Wildman–Crippen MR) is 88.3 cm³/mol. The summed E-state index contributed by atoms with van der Waals surface area (Å²) in [5.41, 5.74) is 7.89. The van der Waals surface area contributed by atoms with Gasteiger partial charge in [-0.05, 0) is 18.9 Å². The molecule has 1 aliphatic rings. The van der Waals surface area contributed by atoms with E-state index < -0.39 is 16.1 Å². The van der Waals surface area contributed by atoms with E-state index in [0.29, 0.717) is 19.5 Å². The number of sulfonamides is 1. The van der Waals surface area contributed by atoms with Crippen molar-refractivity contribution in [3.63, 3.8) is 0 Å². The predicted octanol–water partition coefficient (Wildman–Crippen LogP) is 0.567. The molecule has 1 saturated heterocycles. The Bertz CT molecular complexity index is 619. The number of carbonyl (C=O) groups excluding carboxylic acids is 1. The number of benzene rings is 1. The minimum atomic E-state index is -3.25. The van der Waals surface area contributed by atoms with Gasteiger partial charge in [-0.3, -0.25) is 4.79 Å². The second kappa shape index (κ2) is 7.41. The Balaban J connectivity index is 0.00000242. The van der Waals surface area contributed by atoms with Crippen LogP contribution in [0.1, 0.15) is 23.6 Å². The quantitative estimate of drug-likeness (QED) is 0.832. The first kappa shape index (κ1) is 18.9. The monoisotopic (exact) mass is 347 g/mol. The summed E-state index contributed by atoms with van der Waals surface area (Å²) >= 11 is 0. The van der Waals surface area contributed by atoms with Crippen LogP contribution in [0.5, 0.6) is 0 Å². The Morgan fingerprint density at radius 2 is 1.95 bits per heavy atom.